The van der Waals surface area contributed by atoms with Gasteiger partial charge < -0.3 is 19.5 Å². The van der Waals surface area contributed by atoms with Crippen molar-refractivity contribution in [2.45, 2.75) is 31.8 Å². The summed E-state index contributed by atoms with van der Waals surface area (Å²) in [5.41, 5.74) is 2.42. The van der Waals surface area contributed by atoms with Gasteiger partial charge in [-0.25, -0.2) is 4.39 Å². The molecule has 0 radical (unpaired) electrons. The van der Waals surface area contributed by atoms with Crippen molar-refractivity contribution in [3.05, 3.63) is 60.2 Å². The lowest BCUT2D eigenvalue weighted by Gasteiger charge is -2.17. The summed E-state index contributed by atoms with van der Waals surface area (Å²) in [7, 11) is 3.03. The van der Waals surface area contributed by atoms with Crippen molar-refractivity contribution in [2.75, 3.05) is 19.5 Å². The maximum Gasteiger partial charge on any atom is 0.165 e. The Morgan fingerprint density at radius 1 is 1.06 bits per heavy atom. The maximum atomic E-state index is 13.8. The summed E-state index contributed by atoms with van der Waals surface area (Å²) in [5.74, 6) is 1.59. The van der Waals surface area contributed by atoms with Crippen molar-refractivity contribution in [2.24, 2.45) is 0 Å². The lowest BCUT2D eigenvalue weighted by Crippen LogP contribution is -2.12. The Morgan fingerprint density at radius 3 is 2.59 bits per heavy atom. The number of fused-ring (bicyclic) bond motifs is 1. The van der Waals surface area contributed by atoms with Gasteiger partial charge in [-0.2, -0.15) is 14.9 Å². The fourth-order valence-corrected chi connectivity index (χ4v) is 4.33. The van der Waals surface area contributed by atoms with Crippen molar-refractivity contribution in [1.29, 1.82) is 5.26 Å². The molecule has 1 fully saturated rings. The number of ether oxygens (including phenoxy) is 3. The SMILES string of the molecule is COc1cc(Nc2cn(-c3ccc(OC)c(OC4CCCC4)c3)c3c(C#N)cnn23)ccc1F. The number of aromatic nitrogens is 3. The number of rotatable bonds is 7. The number of hydrogen-bond donors (Lipinski definition) is 1. The first-order valence-corrected chi connectivity index (χ1v) is 11.1. The highest BCUT2D eigenvalue weighted by molar-refractivity contribution is 5.69. The van der Waals surface area contributed by atoms with Crippen LogP contribution in [0.4, 0.5) is 15.9 Å². The van der Waals surface area contributed by atoms with Gasteiger partial charge in [-0.05, 0) is 49.9 Å². The van der Waals surface area contributed by atoms with E-state index in [1.54, 1.807) is 23.8 Å². The average molecular weight is 461 g/mol. The average Bonchev–Trinajstić information content (AvgIpc) is 3.59. The fraction of sp³-hybridized carbons (Fsp3) is 0.280. The standard InChI is InChI=1S/C25H24FN5O3/c1-32-21-10-8-18(12-23(21)34-19-5-3-4-6-19)30-15-24(31-25(30)16(13-27)14-28-31)29-17-7-9-20(26)22(11-17)33-2/h7-12,14-15,19,29H,3-6H2,1-2H3. The molecule has 174 valence electrons. The van der Waals surface area contributed by atoms with E-state index in [0.717, 1.165) is 31.4 Å². The molecule has 4 aromatic rings. The van der Waals surface area contributed by atoms with Gasteiger partial charge in [0.25, 0.3) is 0 Å². The summed E-state index contributed by atoms with van der Waals surface area (Å²) in [5, 5.41) is 17.3. The number of nitriles is 1. The molecule has 0 spiro atoms. The second-order valence-corrected chi connectivity index (χ2v) is 8.12. The summed E-state index contributed by atoms with van der Waals surface area (Å²) in [6.45, 7) is 0. The zero-order chi connectivity index (χ0) is 23.7. The molecule has 1 N–H and O–H groups in total. The van der Waals surface area contributed by atoms with Crippen LogP contribution < -0.4 is 19.5 Å². The van der Waals surface area contributed by atoms with E-state index in [4.69, 9.17) is 14.2 Å². The van der Waals surface area contributed by atoms with Crippen LogP contribution in [0.3, 0.4) is 0 Å². The number of halogens is 1. The topological polar surface area (TPSA) is 85.7 Å². The van der Waals surface area contributed by atoms with Gasteiger partial charge in [-0.15, -0.1) is 0 Å². The molecule has 0 saturated heterocycles. The first-order valence-electron chi connectivity index (χ1n) is 11.1. The molecule has 2 heterocycles. The van der Waals surface area contributed by atoms with E-state index >= 15 is 0 Å². The smallest absolute Gasteiger partial charge is 0.165 e. The number of methoxy groups -OCH3 is 2. The van der Waals surface area contributed by atoms with Crippen molar-refractivity contribution < 1.29 is 18.6 Å². The molecule has 2 aromatic carbocycles. The van der Waals surface area contributed by atoms with Crippen LogP contribution in [0, 0.1) is 17.1 Å². The van der Waals surface area contributed by atoms with E-state index in [-0.39, 0.29) is 11.9 Å². The summed E-state index contributed by atoms with van der Waals surface area (Å²) in [4.78, 5) is 0. The maximum absolute atomic E-state index is 13.8. The van der Waals surface area contributed by atoms with E-state index < -0.39 is 5.82 Å². The molecule has 5 rings (SSSR count). The molecule has 2 aromatic heterocycles. The zero-order valence-corrected chi connectivity index (χ0v) is 18.9. The van der Waals surface area contributed by atoms with E-state index in [2.05, 4.69) is 16.5 Å². The molecule has 34 heavy (non-hydrogen) atoms. The van der Waals surface area contributed by atoms with Crippen molar-refractivity contribution in [1.82, 2.24) is 14.2 Å². The molecule has 0 atom stereocenters. The first-order chi connectivity index (χ1) is 16.6. The van der Waals surface area contributed by atoms with Gasteiger partial charge in [0.05, 0.1) is 38.4 Å². The number of benzene rings is 2. The van der Waals surface area contributed by atoms with Crippen LogP contribution in [-0.2, 0) is 0 Å². The molecule has 8 nitrogen and oxygen atoms in total. The largest absolute Gasteiger partial charge is 0.494 e. The van der Waals surface area contributed by atoms with Crippen LogP contribution in [0.1, 0.15) is 31.2 Å². The Labute approximate surface area is 196 Å². The third-order valence-corrected chi connectivity index (χ3v) is 6.02. The number of nitrogens with zero attached hydrogens (tertiary/aromatic N) is 4. The van der Waals surface area contributed by atoms with Crippen LogP contribution in [0.5, 0.6) is 17.2 Å². The number of nitrogens with one attached hydrogen (secondary N) is 1. The molecule has 1 aliphatic rings. The lowest BCUT2D eigenvalue weighted by molar-refractivity contribution is 0.201. The molecule has 0 aliphatic heterocycles. The molecule has 0 unspecified atom stereocenters. The van der Waals surface area contributed by atoms with Gasteiger partial charge in [0.15, 0.2) is 34.5 Å². The summed E-state index contributed by atoms with van der Waals surface area (Å²) >= 11 is 0. The minimum atomic E-state index is -0.449. The third-order valence-electron chi connectivity index (χ3n) is 6.02. The Bertz CT molecular complexity index is 1380. The van der Waals surface area contributed by atoms with Crippen molar-refractivity contribution in [3.63, 3.8) is 0 Å². The molecule has 1 aliphatic carbocycles. The Hall–Kier alpha value is -4.19. The second-order valence-electron chi connectivity index (χ2n) is 8.12. The van der Waals surface area contributed by atoms with Crippen LogP contribution in [0.2, 0.25) is 0 Å². The first kappa shape index (κ1) is 21.6. The monoisotopic (exact) mass is 461 g/mol. The van der Waals surface area contributed by atoms with Crippen LogP contribution >= 0.6 is 0 Å². The quantitative estimate of drug-likeness (QED) is 0.406. The number of anilines is 2. The van der Waals surface area contributed by atoms with Gasteiger partial charge in [-0.1, -0.05) is 0 Å². The molecule has 1 saturated carbocycles. The summed E-state index contributed by atoms with van der Waals surface area (Å²) < 4.78 is 34.2. The van der Waals surface area contributed by atoms with Gasteiger partial charge in [0, 0.05) is 17.8 Å². The minimum absolute atomic E-state index is 0.128. The van der Waals surface area contributed by atoms with E-state index in [9.17, 15) is 9.65 Å². The van der Waals surface area contributed by atoms with Gasteiger partial charge in [0.2, 0.25) is 0 Å². The predicted octanol–water partition coefficient (Wildman–Crippen LogP) is 5.22. The Balaban J connectivity index is 1.57. The second kappa shape index (κ2) is 8.98. The normalized spacial score (nSPS) is 13.7. The van der Waals surface area contributed by atoms with Gasteiger partial charge >= 0.3 is 0 Å². The van der Waals surface area contributed by atoms with E-state index in [1.807, 2.05) is 29.0 Å². The highest BCUT2D eigenvalue weighted by Crippen LogP contribution is 2.35. The fourth-order valence-electron chi connectivity index (χ4n) is 4.33. The summed E-state index contributed by atoms with van der Waals surface area (Å²) in [6, 6.07) is 12.4. The number of imidazole rings is 1. The predicted molar refractivity (Wildman–Crippen MR) is 125 cm³/mol. The summed E-state index contributed by atoms with van der Waals surface area (Å²) in [6.07, 6.45) is 7.89. The lowest BCUT2D eigenvalue weighted by atomic mass is 10.2. The molecule has 9 heteroatoms. The molecular formula is C25H24FN5O3. The highest BCUT2D eigenvalue weighted by atomic mass is 19.1. The van der Waals surface area contributed by atoms with E-state index in [0.29, 0.717) is 34.2 Å². The van der Waals surface area contributed by atoms with Crippen molar-refractivity contribution >= 4 is 17.2 Å². The van der Waals surface area contributed by atoms with Crippen LogP contribution in [0.15, 0.2) is 48.8 Å². The van der Waals surface area contributed by atoms with Crippen LogP contribution in [-0.4, -0.2) is 34.5 Å². The minimum Gasteiger partial charge on any atom is -0.494 e. The van der Waals surface area contributed by atoms with Gasteiger partial charge in [-0.3, -0.25) is 4.57 Å². The van der Waals surface area contributed by atoms with Gasteiger partial charge in [0.1, 0.15) is 11.6 Å². The molecule has 0 bridgehead atoms. The highest BCUT2D eigenvalue weighted by Gasteiger charge is 2.21. The third kappa shape index (κ3) is 3.88. The Kier molecular flexibility index (Phi) is 5.72. The zero-order valence-electron chi connectivity index (χ0n) is 18.9. The molecule has 0 amide bonds. The van der Waals surface area contributed by atoms with E-state index in [1.165, 1.54) is 19.4 Å². The molecular weight excluding hydrogens is 437 g/mol. The van der Waals surface area contributed by atoms with Crippen molar-refractivity contribution in [3.8, 4) is 29.0 Å². The Morgan fingerprint density at radius 2 is 1.85 bits per heavy atom. The van der Waals surface area contributed by atoms with Crippen LogP contribution in [0.25, 0.3) is 11.3 Å². The number of hydrogen-bond acceptors (Lipinski definition) is 6.